The Bertz CT molecular complexity index is 851. The fraction of sp³-hybridized carbons (Fsp3) is 0.0769. The number of nitrogen functional groups attached to an aromatic ring is 1. The Morgan fingerprint density at radius 1 is 1.29 bits per heavy atom. The Morgan fingerprint density at radius 2 is 2.05 bits per heavy atom. The summed E-state index contributed by atoms with van der Waals surface area (Å²) in [4.78, 5) is 16.0. The van der Waals surface area contributed by atoms with E-state index < -0.39 is 15.9 Å². The van der Waals surface area contributed by atoms with E-state index in [9.17, 15) is 13.2 Å². The first-order chi connectivity index (χ1) is 9.91. The molecule has 0 unspecified atom stereocenters. The van der Waals surface area contributed by atoms with Crippen molar-refractivity contribution < 1.29 is 13.2 Å². The molecule has 0 saturated carbocycles. The molecule has 1 aliphatic heterocycles. The number of halogens is 1. The number of nitrogens with zero attached hydrogens (tertiary/aromatic N) is 2. The lowest BCUT2D eigenvalue weighted by Crippen LogP contribution is -2.29. The molecule has 0 spiro atoms. The van der Waals surface area contributed by atoms with Gasteiger partial charge >= 0.3 is 0 Å². The molecule has 0 radical (unpaired) electrons. The van der Waals surface area contributed by atoms with Gasteiger partial charge in [-0.25, -0.2) is 9.29 Å². The summed E-state index contributed by atoms with van der Waals surface area (Å²) >= 11 is 6.03. The van der Waals surface area contributed by atoms with Crippen molar-refractivity contribution in [2.45, 2.75) is 11.6 Å². The van der Waals surface area contributed by atoms with Crippen LogP contribution < -0.4 is 5.73 Å². The van der Waals surface area contributed by atoms with Gasteiger partial charge in [-0.05, 0) is 29.8 Å². The highest BCUT2D eigenvalue weighted by atomic mass is 35.5. The van der Waals surface area contributed by atoms with E-state index in [1.165, 1.54) is 24.4 Å². The smallest absolute Gasteiger partial charge is 0.285 e. The van der Waals surface area contributed by atoms with E-state index in [4.69, 9.17) is 17.3 Å². The van der Waals surface area contributed by atoms with Gasteiger partial charge in [-0.15, -0.1) is 0 Å². The number of hydrogen-bond donors (Lipinski definition) is 1. The third kappa shape index (κ3) is 2.14. The molecule has 2 N–H and O–H groups in total. The molecule has 2 heterocycles. The maximum Gasteiger partial charge on any atom is 0.285 e. The molecule has 1 amide bonds. The van der Waals surface area contributed by atoms with Crippen molar-refractivity contribution in [3.05, 3.63) is 52.7 Å². The van der Waals surface area contributed by atoms with E-state index in [0.717, 1.165) is 4.31 Å². The number of pyridine rings is 1. The summed E-state index contributed by atoms with van der Waals surface area (Å²) in [5, 5.41) is 0.0866. The van der Waals surface area contributed by atoms with Gasteiger partial charge in [0.2, 0.25) is 0 Å². The monoisotopic (exact) mass is 323 g/mol. The van der Waals surface area contributed by atoms with Gasteiger partial charge in [-0.1, -0.05) is 17.7 Å². The molecule has 8 heteroatoms. The molecule has 2 aromatic rings. The molecule has 0 aliphatic carbocycles. The molecule has 3 rings (SSSR count). The van der Waals surface area contributed by atoms with Crippen LogP contribution in [-0.4, -0.2) is 23.6 Å². The second-order valence-corrected chi connectivity index (χ2v) is 6.71. The van der Waals surface area contributed by atoms with Gasteiger partial charge in [0.25, 0.3) is 15.9 Å². The molecular formula is C13H10ClN3O3S. The number of carbonyl (C=O) groups is 1. The fourth-order valence-corrected chi connectivity index (χ4v) is 3.82. The first-order valence-electron chi connectivity index (χ1n) is 5.97. The van der Waals surface area contributed by atoms with E-state index in [0.29, 0.717) is 16.3 Å². The van der Waals surface area contributed by atoms with Crippen molar-refractivity contribution in [3.8, 4) is 0 Å². The van der Waals surface area contributed by atoms with Gasteiger partial charge in [0.1, 0.15) is 0 Å². The molecule has 108 valence electrons. The third-order valence-electron chi connectivity index (χ3n) is 3.15. The van der Waals surface area contributed by atoms with Gasteiger partial charge in [-0.3, -0.25) is 4.79 Å². The largest absolute Gasteiger partial charge is 0.399 e. The van der Waals surface area contributed by atoms with Crippen molar-refractivity contribution in [2.75, 3.05) is 5.73 Å². The summed E-state index contributed by atoms with van der Waals surface area (Å²) in [5.41, 5.74) is 6.62. The van der Waals surface area contributed by atoms with Crippen LogP contribution in [0.3, 0.4) is 0 Å². The highest BCUT2D eigenvalue weighted by molar-refractivity contribution is 7.90. The minimum Gasteiger partial charge on any atom is -0.399 e. The minimum absolute atomic E-state index is 0.0732. The second-order valence-electron chi connectivity index (χ2n) is 4.52. The van der Waals surface area contributed by atoms with Crippen LogP contribution in [0.1, 0.15) is 15.9 Å². The van der Waals surface area contributed by atoms with Gasteiger partial charge < -0.3 is 5.73 Å². The van der Waals surface area contributed by atoms with Gasteiger partial charge in [0.15, 0.2) is 5.03 Å². The Kier molecular flexibility index (Phi) is 3.11. The maximum atomic E-state index is 12.4. The summed E-state index contributed by atoms with van der Waals surface area (Å²) in [6.07, 6.45) is 1.34. The normalized spacial score (nSPS) is 16.0. The number of fused-ring (bicyclic) bond motifs is 1. The van der Waals surface area contributed by atoms with E-state index in [-0.39, 0.29) is 17.1 Å². The van der Waals surface area contributed by atoms with Crippen LogP contribution in [0.5, 0.6) is 0 Å². The number of hydrogen-bond acceptors (Lipinski definition) is 5. The van der Waals surface area contributed by atoms with E-state index >= 15 is 0 Å². The second kappa shape index (κ2) is 4.71. The van der Waals surface area contributed by atoms with Crippen LogP contribution in [0.25, 0.3) is 0 Å². The summed E-state index contributed by atoms with van der Waals surface area (Å²) in [6, 6.07) is 7.66. The number of carbonyl (C=O) groups excluding carboxylic acids is 1. The molecule has 0 fully saturated rings. The standard InChI is InChI=1S/C13H10ClN3O3S/c14-11-6-9(15)4-3-8(11)7-17-13(18)10-2-1-5-16-12(10)21(17,19)20/h1-6H,7,15H2. The van der Waals surface area contributed by atoms with Crippen molar-refractivity contribution in [1.29, 1.82) is 0 Å². The summed E-state index contributed by atoms with van der Waals surface area (Å²) < 4.78 is 25.5. The van der Waals surface area contributed by atoms with Crippen molar-refractivity contribution >= 4 is 33.2 Å². The van der Waals surface area contributed by atoms with Gasteiger partial charge in [0.05, 0.1) is 12.1 Å². The summed E-state index contributed by atoms with van der Waals surface area (Å²) in [7, 11) is -3.94. The Labute approximate surface area is 126 Å². The SMILES string of the molecule is Nc1ccc(CN2C(=O)c3cccnc3S2(=O)=O)c(Cl)c1. The van der Waals surface area contributed by atoms with Crippen LogP contribution in [-0.2, 0) is 16.6 Å². The maximum absolute atomic E-state index is 12.4. The average molecular weight is 324 g/mol. The zero-order chi connectivity index (χ0) is 15.2. The highest BCUT2D eigenvalue weighted by Gasteiger charge is 2.42. The van der Waals surface area contributed by atoms with Crippen LogP contribution in [0.2, 0.25) is 5.02 Å². The molecule has 0 saturated heterocycles. The first kappa shape index (κ1) is 13.8. The molecule has 0 bridgehead atoms. The summed E-state index contributed by atoms with van der Waals surface area (Å²) in [5.74, 6) is -0.606. The van der Waals surface area contributed by atoms with Crippen LogP contribution in [0, 0.1) is 0 Å². The Hall–Kier alpha value is -2.12. The molecule has 6 nitrogen and oxygen atoms in total. The van der Waals surface area contributed by atoms with E-state index in [1.54, 1.807) is 12.1 Å². The lowest BCUT2D eigenvalue weighted by Gasteiger charge is -2.15. The molecular weight excluding hydrogens is 314 g/mol. The molecule has 1 aromatic carbocycles. The minimum atomic E-state index is -3.94. The molecule has 21 heavy (non-hydrogen) atoms. The number of rotatable bonds is 2. The van der Waals surface area contributed by atoms with Crippen molar-refractivity contribution in [2.24, 2.45) is 0 Å². The van der Waals surface area contributed by atoms with Crippen LogP contribution in [0.15, 0.2) is 41.6 Å². The number of sulfonamides is 1. The first-order valence-corrected chi connectivity index (χ1v) is 7.79. The number of nitrogens with two attached hydrogens (primary N) is 1. The highest BCUT2D eigenvalue weighted by Crippen LogP contribution is 2.31. The predicted octanol–water partition coefficient (Wildman–Crippen LogP) is 1.66. The lowest BCUT2D eigenvalue weighted by molar-refractivity contribution is 0.0865. The number of benzene rings is 1. The number of amides is 1. The molecule has 0 atom stereocenters. The Morgan fingerprint density at radius 3 is 2.71 bits per heavy atom. The number of aromatic nitrogens is 1. The van der Waals surface area contributed by atoms with E-state index in [2.05, 4.69) is 4.98 Å². The predicted molar refractivity (Wildman–Crippen MR) is 77.2 cm³/mol. The average Bonchev–Trinajstić information content (AvgIpc) is 2.63. The zero-order valence-electron chi connectivity index (χ0n) is 10.7. The van der Waals surface area contributed by atoms with Gasteiger partial charge in [-0.2, -0.15) is 8.42 Å². The lowest BCUT2D eigenvalue weighted by atomic mass is 10.2. The van der Waals surface area contributed by atoms with Crippen molar-refractivity contribution in [3.63, 3.8) is 0 Å². The topological polar surface area (TPSA) is 93.4 Å². The van der Waals surface area contributed by atoms with Crippen molar-refractivity contribution in [1.82, 2.24) is 9.29 Å². The molecule has 1 aromatic heterocycles. The van der Waals surface area contributed by atoms with Crippen LogP contribution in [0.4, 0.5) is 5.69 Å². The third-order valence-corrected chi connectivity index (χ3v) is 5.19. The quantitative estimate of drug-likeness (QED) is 0.848. The fourth-order valence-electron chi connectivity index (χ4n) is 2.11. The van der Waals surface area contributed by atoms with Gasteiger partial charge in [0, 0.05) is 16.9 Å². The summed E-state index contributed by atoms with van der Waals surface area (Å²) in [6.45, 7) is -0.156. The van der Waals surface area contributed by atoms with Crippen LogP contribution >= 0.6 is 11.6 Å². The Balaban J connectivity index is 2.03. The van der Waals surface area contributed by atoms with E-state index in [1.807, 2.05) is 0 Å². The number of anilines is 1. The molecule has 1 aliphatic rings. The zero-order valence-corrected chi connectivity index (χ0v) is 12.2.